The molecule has 0 spiro atoms. The van der Waals surface area contributed by atoms with Crippen LogP contribution in [0.25, 0.3) is 0 Å². The van der Waals surface area contributed by atoms with Crippen molar-refractivity contribution in [2.24, 2.45) is 23.3 Å². The van der Waals surface area contributed by atoms with Crippen LogP contribution in [-0.4, -0.2) is 34.6 Å². The molecule has 0 radical (unpaired) electrons. The van der Waals surface area contributed by atoms with Crippen molar-refractivity contribution in [3.63, 3.8) is 0 Å². The minimum atomic E-state index is -5.08. The molecule has 0 aromatic heterocycles. The molecule has 0 saturated carbocycles. The Bertz CT molecular complexity index is 1030. The van der Waals surface area contributed by atoms with Gasteiger partial charge in [0.1, 0.15) is 23.3 Å². The molecule has 0 fully saturated rings. The number of fused-ring (bicyclic) bond motifs is 1. The Morgan fingerprint density at radius 2 is 1.62 bits per heavy atom. The Morgan fingerprint density at radius 1 is 1.09 bits per heavy atom. The Morgan fingerprint density at radius 3 is 2.12 bits per heavy atom. The van der Waals surface area contributed by atoms with Crippen LogP contribution < -0.4 is 21.5 Å². The maximum atomic E-state index is 13.2. The first-order valence-corrected chi connectivity index (χ1v) is 10.3. The lowest BCUT2D eigenvalue weighted by Crippen LogP contribution is -2.62. The second kappa shape index (κ2) is 10.6. The fourth-order valence-electron chi connectivity index (χ4n) is 3.69. The largest absolute Gasteiger partial charge is 0.490 e. The number of amides is 2. The second-order valence-corrected chi connectivity index (χ2v) is 8.22. The number of rotatable bonds is 5. The molecule has 1 aliphatic heterocycles. The third-order valence-electron chi connectivity index (χ3n) is 5.11. The molecular weight excluding hydrogens is 455 g/mol. The molecule has 2 amide bonds. The minimum Gasteiger partial charge on any atom is -0.483 e. The topological polar surface area (TPSA) is 145 Å². The standard InChI is InChI=1S/C21H25N3O3.C2HF3O2/c1-13(2)12-21(23,20(22)26)17-18(14-8-4-3-5-9-14)27-16-11-7-6-10-15(16)24-19(17)25;3-2(4,5)1(6)7/h3-11,13,17-18H,12,23H2,1-2H3,(H2,22,26)(H,24,25);(H,6,7)/t17?,18?,21-;/m1./s1. The molecule has 2 unspecified atom stereocenters. The number of halogens is 3. The van der Waals surface area contributed by atoms with Crippen molar-refractivity contribution >= 4 is 23.5 Å². The predicted molar refractivity (Wildman–Crippen MR) is 118 cm³/mol. The van der Waals surface area contributed by atoms with Crippen molar-refractivity contribution in [1.82, 2.24) is 0 Å². The van der Waals surface area contributed by atoms with Gasteiger partial charge in [0, 0.05) is 0 Å². The van der Waals surface area contributed by atoms with Gasteiger partial charge in [0.15, 0.2) is 0 Å². The number of carbonyl (C=O) groups excluding carboxylic acids is 2. The quantitative estimate of drug-likeness (QED) is 0.516. The summed E-state index contributed by atoms with van der Waals surface area (Å²) in [5.74, 6) is -4.24. The number of hydrogen-bond donors (Lipinski definition) is 4. The summed E-state index contributed by atoms with van der Waals surface area (Å²) in [5.41, 5.74) is 12.0. The summed E-state index contributed by atoms with van der Waals surface area (Å²) in [6, 6.07) is 16.5. The first-order valence-electron chi connectivity index (χ1n) is 10.3. The Labute approximate surface area is 194 Å². The number of nitrogens with one attached hydrogen (secondary N) is 1. The van der Waals surface area contributed by atoms with Gasteiger partial charge in [0.25, 0.3) is 0 Å². The SMILES string of the molecule is CC(C)C[C@](N)(C(N)=O)C1C(=O)Nc2ccccc2OC1c1ccccc1.O=C(O)C(F)(F)F. The summed E-state index contributed by atoms with van der Waals surface area (Å²) in [7, 11) is 0. The summed E-state index contributed by atoms with van der Waals surface area (Å²) in [4.78, 5) is 34.5. The van der Waals surface area contributed by atoms with Crippen molar-refractivity contribution in [1.29, 1.82) is 0 Å². The number of alkyl halides is 3. The lowest BCUT2D eigenvalue weighted by Gasteiger charge is -2.38. The number of carbonyl (C=O) groups is 3. The lowest BCUT2D eigenvalue weighted by molar-refractivity contribution is -0.192. The average Bonchev–Trinajstić information content (AvgIpc) is 2.89. The fraction of sp³-hybridized carbons (Fsp3) is 0.348. The van der Waals surface area contributed by atoms with Crippen LogP contribution in [0.15, 0.2) is 54.6 Å². The molecule has 0 aliphatic carbocycles. The van der Waals surface area contributed by atoms with Gasteiger partial charge < -0.3 is 26.6 Å². The molecule has 0 saturated heterocycles. The van der Waals surface area contributed by atoms with Crippen LogP contribution in [0.2, 0.25) is 0 Å². The molecule has 2 aromatic rings. The third-order valence-corrected chi connectivity index (χ3v) is 5.11. The van der Waals surface area contributed by atoms with Crippen LogP contribution in [0.3, 0.4) is 0 Å². The van der Waals surface area contributed by atoms with E-state index in [1.165, 1.54) is 0 Å². The van der Waals surface area contributed by atoms with E-state index >= 15 is 0 Å². The number of nitrogens with two attached hydrogens (primary N) is 2. The Kier molecular flexibility index (Phi) is 8.27. The minimum absolute atomic E-state index is 0.0670. The summed E-state index contributed by atoms with van der Waals surface area (Å²) >= 11 is 0. The fourth-order valence-corrected chi connectivity index (χ4v) is 3.69. The summed E-state index contributed by atoms with van der Waals surface area (Å²) in [6.45, 7) is 3.87. The number of anilines is 1. The van der Waals surface area contributed by atoms with Gasteiger partial charge in [-0.1, -0.05) is 56.3 Å². The molecule has 184 valence electrons. The molecule has 6 N–H and O–H groups in total. The number of para-hydroxylation sites is 2. The molecule has 1 heterocycles. The van der Waals surface area contributed by atoms with E-state index in [1.807, 2.05) is 50.2 Å². The van der Waals surface area contributed by atoms with Gasteiger partial charge in [0.2, 0.25) is 11.8 Å². The average molecular weight is 481 g/mol. The van der Waals surface area contributed by atoms with Crippen molar-refractivity contribution in [3.8, 4) is 5.75 Å². The highest BCUT2D eigenvalue weighted by Crippen LogP contribution is 2.42. The molecule has 34 heavy (non-hydrogen) atoms. The highest BCUT2D eigenvalue weighted by molar-refractivity contribution is 6.01. The third kappa shape index (κ3) is 6.25. The van der Waals surface area contributed by atoms with E-state index in [1.54, 1.807) is 18.2 Å². The highest BCUT2D eigenvalue weighted by atomic mass is 19.4. The van der Waals surface area contributed by atoms with Gasteiger partial charge >= 0.3 is 12.1 Å². The predicted octanol–water partition coefficient (Wildman–Crippen LogP) is 3.24. The van der Waals surface area contributed by atoms with Crippen molar-refractivity contribution in [2.45, 2.75) is 38.1 Å². The van der Waals surface area contributed by atoms with Gasteiger partial charge in [-0.2, -0.15) is 13.2 Å². The summed E-state index contributed by atoms with van der Waals surface area (Å²) < 4.78 is 38.0. The lowest BCUT2D eigenvalue weighted by atomic mass is 9.73. The summed E-state index contributed by atoms with van der Waals surface area (Å²) in [5, 5.41) is 9.98. The molecule has 3 atom stereocenters. The first kappa shape index (κ1) is 26.7. The van der Waals surface area contributed by atoms with Gasteiger partial charge in [-0.15, -0.1) is 0 Å². The molecular formula is C23H26F3N3O5. The number of aliphatic carboxylic acids is 1. The van der Waals surface area contributed by atoms with E-state index < -0.39 is 35.6 Å². The van der Waals surface area contributed by atoms with E-state index in [0.29, 0.717) is 11.4 Å². The molecule has 8 nitrogen and oxygen atoms in total. The van der Waals surface area contributed by atoms with Crippen LogP contribution in [0.5, 0.6) is 5.75 Å². The molecule has 1 aliphatic rings. The van der Waals surface area contributed by atoms with E-state index in [4.69, 9.17) is 26.1 Å². The first-order chi connectivity index (χ1) is 15.8. The Hall–Kier alpha value is -3.60. The van der Waals surface area contributed by atoms with Gasteiger partial charge in [-0.3, -0.25) is 9.59 Å². The summed E-state index contributed by atoms with van der Waals surface area (Å²) in [6.07, 6.45) is -5.56. The van der Waals surface area contributed by atoms with Crippen LogP contribution in [0.1, 0.15) is 31.9 Å². The van der Waals surface area contributed by atoms with Crippen LogP contribution in [-0.2, 0) is 14.4 Å². The van der Waals surface area contributed by atoms with E-state index in [-0.39, 0.29) is 18.2 Å². The maximum Gasteiger partial charge on any atom is 0.490 e. The Balaban J connectivity index is 0.000000509. The highest BCUT2D eigenvalue weighted by Gasteiger charge is 2.52. The van der Waals surface area contributed by atoms with Gasteiger partial charge in [-0.25, -0.2) is 4.79 Å². The maximum absolute atomic E-state index is 13.2. The molecule has 3 rings (SSSR count). The van der Waals surface area contributed by atoms with Gasteiger partial charge in [0.05, 0.1) is 5.69 Å². The van der Waals surface area contributed by atoms with Crippen molar-refractivity contribution in [2.75, 3.05) is 5.32 Å². The van der Waals surface area contributed by atoms with E-state index in [9.17, 15) is 22.8 Å². The number of primary amides is 1. The number of ether oxygens (including phenoxy) is 1. The normalized spacial score (nSPS) is 19.3. The number of hydrogen-bond acceptors (Lipinski definition) is 5. The van der Waals surface area contributed by atoms with Crippen molar-refractivity contribution in [3.05, 3.63) is 60.2 Å². The number of benzene rings is 2. The smallest absolute Gasteiger partial charge is 0.483 e. The van der Waals surface area contributed by atoms with Crippen LogP contribution in [0.4, 0.5) is 18.9 Å². The van der Waals surface area contributed by atoms with Crippen molar-refractivity contribution < 1.29 is 37.4 Å². The zero-order valence-electron chi connectivity index (χ0n) is 18.5. The molecule has 0 bridgehead atoms. The van der Waals surface area contributed by atoms with Crippen LogP contribution >= 0.6 is 0 Å². The second-order valence-electron chi connectivity index (χ2n) is 8.22. The molecule has 11 heteroatoms. The number of carboxylic acid groups (broad SMARTS) is 1. The zero-order valence-corrected chi connectivity index (χ0v) is 18.5. The van der Waals surface area contributed by atoms with Gasteiger partial charge in [-0.05, 0) is 30.0 Å². The van der Waals surface area contributed by atoms with E-state index in [2.05, 4.69) is 5.32 Å². The zero-order chi connectivity index (χ0) is 25.7. The number of carboxylic acids is 1. The van der Waals surface area contributed by atoms with E-state index in [0.717, 1.165) is 5.56 Å². The monoisotopic (exact) mass is 481 g/mol. The van der Waals surface area contributed by atoms with Crippen LogP contribution in [0, 0.1) is 11.8 Å². The molecule has 2 aromatic carbocycles.